The summed E-state index contributed by atoms with van der Waals surface area (Å²) in [6.45, 7) is 2.26. The van der Waals surface area contributed by atoms with Crippen molar-refractivity contribution in [3.05, 3.63) is 17.2 Å². The number of hydrogen-bond donors (Lipinski definition) is 0. The van der Waals surface area contributed by atoms with Crippen LogP contribution < -0.4 is 14.2 Å². The summed E-state index contributed by atoms with van der Waals surface area (Å²) in [5.41, 5.74) is 2.65. The molecule has 1 unspecified atom stereocenters. The molecule has 0 amide bonds. The number of nitrogens with zero attached hydrogens (tertiary/aromatic N) is 1. The second kappa shape index (κ2) is 4.36. The second-order valence-corrected chi connectivity index (χ2v) is 7.48. The van der Waals surface area contributed by atoms with E-state index in [0.717, 1.165) is 43.2 Å². The summed E-state index contributed by atoms with van der Waals surface area (Å²) in [6.07, 6.45) is 2.86. The van der Waals surface area contributed by atoms with Gasteiger partial charge in [-0.2, -0.15) is 0 Å². The normalized spacial score (nSPS) is 43.0. The molecule has 6 atom stereocenters. The zero-order valence-corrected chi connectivity index (χ0v) is 13.9. The average Bonchev–Trinajstić information content (AvgIpc) is 3.20. The van der Waals surface area contributed by atoms with Crippen LogP contribution in [0, 0.1) is 0 Å². The Bertz CT molecular complexity index is 737. The fourth-order valence-electron chi connectivity index (χ4n) is 5.77. The third-order valence-electron chi connectivity index (χ3n) is 6.80. The number of methoxy groups -OCH3 is 2. The van der Waals surface area contributed by atoms with Crippen LogP contribution in [0.15, 0.2) is 6.07 Å². The van der Waals surface area contributed by atoms with E-state index in [1.165, 1.54) is 11.1 Å². The molecule has 6 nitrogen and oxygen atoms in total. The van der Waals surface area contributed by atoms with E-state index in [1.54, 1.807) is 14.2 Å². The molecule has 2 bridgehead atoms. The van der Waals surface area contributed by atoms with Crippen molar-refractivity contribution in [2.24, 2.45) is 0 Å². The van der Waals surface area contributed by atoms with E-state index in [2.05, 4.69) is 11.0 Å². The first-order valence-corrected chi connectivity index (χ1v) is 8.70. The Hall–Kier alpha value is -1.50. The number of ether oxygens (including phenoxy) is 5. The molecule has 0 spiro atoms. The molecule has 128 valence electrons. The third-order valence-corrected chi connectivity index (χ3v) is 6.80. The standard InChI is InChI=1S/C18H21NO5/c1-20-11-6-13-18(17-16(11)24-17)3-4-19(13)7-9-10(18)5-12-15(14(9)21-2)23-8-22-12/h5,11,13,16-17H,3-4,6-8H2,1-2H3/t11-,13-,16+,17+,18+/m0/s1. The van der Waals surface area contributed by atoms with Gasteiger partial charge in [0.05, 0.1) is 19.3 Å². The van der Waals surface area contributed by atoms with Crippen LogP contribution in [0.4, 0.5) is 0 Å². The van der Waals surface area contributed by atoms with E-state index < -0.39 is 0 Å². The monoisotopic (exact) mass is 331 g/mol. The Morgan fingerprint density at radius 2 is 2.21 bits per heavy atom. The minimum Gasteiger partial charge on any atom is -0.492 e. The molecule has 4 aliphatic heterocycles. The molecule has 0 radical (unpaired) electrons. The molecule has 2 saturated heterocycles. The minimum absolute atomic E-state index is 0.0432. The highest BCUT2D eigenvalue weighted by Gasteiger charge is 2.70. The molecule has 1 aromatic rings. The Morgan fingerprint density at radius 1 is 1.29 bits per heavy atom. The first-order chi connectivity index (χ1) is 11.8. The van der Waals surface area contributed by atoms with Gasteiger partial charge in [0.2, 0.25) is 12.5 Å². The van der Waals surface area contributed by atoms with Gasteiger partial charge in [-0.25, -0.2) is 0 Å². The van der Waals surface area contributed by atoms with E-state index >= 15 is 0 Å². The predicted octanol–water partition coefficient (Wildman–Crippen LogP) is 1.44. The molecule has 24 heavy (non-hydrogen) atoms. The minimum atomic E-state index is 0.0432. The lowest BCUT2D eigenvalue weighted by molar-refractivity contribution is 0.0248. The van der Waals surface area contributed by atoms with Crippen LogP contribution in [0.1, 0.15) is 24.0 Å². The quantitative estimate of drug-likeness (QED) is 0.765. The van der Waals surface area contributed by atoms with Gasteiger partial charge in [0, 0.05) is 30.7 Å². The first kappa shape index (κ1) is 13.8. The van der Waals surface area contributed by atoms with Crippen molar-refractivity contribution in [3.63, 3.8) is 0 Å². The van der Waals surface area contributed by atoms with E-state index in [9.17, 15) is 0 Å². The van der Waals surface area contributed by atoms with Gasteiger partial charge in [0.25, 0.3) is 0 Å². The van der Waals surface area contributed by atoms with Gasteiger partial charge in [-0.15, -0.1) is 0 Å². The van der Waals surface area contributed by atoms with Crippen LogP contribution >= 0.6 is 0 Å². The Morgan fingerprint density at radius 3 is 3.04 bits per heavy atom. The zero-order valence-electron chi connectivity index (χ0n) is 13.9. The summed E-state index contributed by atoms with van der Waals surface area (Å²) in [5.74, 6) is 2.41. The molecule has 0 N–H and O–H groups in total. The maximum Gasteiger partial charge on any atom is 0.231 e. The van der Waals surface area contributed by atoms with Crippen LogP contribution in [0.2, 0.25) is 0 Å². The first-order valence-electron chi connectivity index (χ1n) is 8.70. The van der Waals surface area contributed by atoms with E-state index in [-0.39, 0.29) is 30.5 Å². The lowest BCUT2D eigenvalue weighted by Crippen LogP contribution is -2.56. The molecule has 1 saturated carbocycles. The molecular weight excluding hydrogens is 310 g/mol. The lowest BCUT2D eigenvalue weighted by Gasteiger charge is -2.47. The van der Waals surface area contributed by atoms with Crippen LogP contribution in [0.5, 0.6) is 17.2 Å². The smallest absolute Gasteiger partial charge is 0.231 e. The number of rotatable bonds is 2. The summed E-state index contributed by atoms with van der Waals surface area (Å²) in [4.78, 5) is 2.58. The highest BCUT2D eigenvalue weighted by atomic mass is 16.7. The average molecular weight is 331 g/mol. The number of fused-ring (bicyclic) bond motifs is 3. The fourth-order valence-corrected chi connectivity index (χ4v) is 5.77. The molecule has 3 fully saturated rings. The third kappa shape index (κ3) is 1.40. The van der Waals surface area contributed by atoms with Crippen LogP contribution in [-0.4, -0.2) is 56.8 Å². The van der Waals surface area contributed by atoms with Gasteiger partial charge in [-0.1, -0.05) is 0 Å². The van der Waals surface area contributed by atoms with Gasteiger partial charge in [-0.3, -0.25) is 4.90 Å². The Balaban J connectivity index is 1.57. The van der Waals surface area contributed by atoms with Gasteiger partial charge >= 0.3 is 0 Å². The zero-order chi connectivity index (χ0) is 16.1. The van der Waals surface area contributed by atoms with E-state index in [4.69, 9.17) is 23.7 Å². The summed E-state index contributed by atoms with van der Waals surface area (Å²) in [6, 6.07) is 2.67. The van der Waals surface area contributed by atoms with Gasteiger partial charge < -0.3 is 23.7 Å². The molecular formula is C18H21NO5. The predicted molar refractivity (Wildman–Crippen MR) is 83.7 cm³/mol. The molecule has 6 heteroatoms. The van der Waals surface area contributed by atoms with Crippen molar-refractivity contribution in [2.75, 3.05) is 27.6 Å². The van der Waals surface area contributed by atoms with Crippen molar-refractivity contribution >= 4 is 0 Å². The molecule has 4 heterocycles. The van der Waals surface area contributed by atoms with Crippen LogP contribution in [-0.2, 0) is 21.4 Å². The van der Waals surface area contributed by atoms with Crippen molar-refractivity contribution in [2.45, 2.75) is 49.2 Å². The number of epoxide rings is 1. The molecule has 1 aliphatic carbocycles. The summed E-state index contributed by atoms with van der Waals surface area (Å²) in [5, 5.41) is 0. The van der Waals surface area contributed by atoms with Gasteiger partial charge in [-0.05, 0) is 31.0 Å². The Labute approximate surface area is 140 Å². The van der Waals surface area contributed by atoms with Crippen LogP contribution in [0.3, 0.4) is 0 Å². The van der Waals surface area contributed by atoms with Gasteiger partial charge in [0.15, 0.2) is 11.5 Å². The van der Waals surface area contributed by atoms with Crippen molar-refractivity contribution in [1.82, 2.24) is 4.90 Å². The topological polar surface area (TPSA) is 52.7 Å². The Kier molecular flexibility index (Phi) is 2.50. The summed E-state index contributed by atoms with van der Waals surface area (Å²) >= 11 is 0. The maximum absolute atomic E-state index is 6.16. The highest BCUT2D eigenvalue weighted by Crippen LogP contribution is 2.63. The molecule has 0 aromatic heterocycles. The maximum atomic E-state index is 6.16. The summed E-state index contributed by atoms with van der Waals surface area (Å²) in [7, 11) is 3.52. The lowest BCUT2D eigenvalue weighted by atomic mass is 9.62. The number of benzene rings is 1. The van der Waals surface area contributed by atoms with Crippen molar-refractivity contribution < 1.29 is 23.7 Å². The largest absolute Gasteiger partial charge is 0.492 e. The number of hydrogen-bond acceptors (Lipinski definition) is 6. The van der Waals surface area contributed by atoms with Crippen molar-refractivity contribution in [1.29, 1.82) is 0 Å². The fraction of sp³-hybridized carbons (Fsp3) is 0.667. The van der Waals surface area contributed by atoms with Gasteiger partial charge in [0.1, 0.15) is 6.10 Å². The molecule has 1 aromatic carbocycles. The molecule has 5 aliphatic rings. The summed E-state index contributed by atoms with van der Waals surface area (Å²) < 4.78 is 29.0. The molecule has 6 rings (SSSR count). The van der Waals surface area contributed by atoms with E-state index in [1.807, 2.05) is 0 Å². The highest BCUT2D eigenvalue weighted by molar-refractivity contribution is 5.64. The van der Waals surface area contributed by atoms with E-state index in [0.29, 0.717) is 6.04 Å². The van der Waals surface area contributed by atoms with Crippen LogP contribution in [0.25, 0.3) is 0 Å². The SMILES string of the molecule is COc1c2c(cc3c1OCO3)[C@]13CCN(C2)[C@H]1C[C@H](OC)[C@H]1O[C@H]13. The second-order valence-electron chi connectivity index (χ2n) is 7.48. The van der Waals surface area contributed by atoms with Crippen molar-refractivity contribution in [3.8, 4) is 17.2 Å².